The molecule has 4 aromatic rings. The number of hydrogen-bond acceptors (Lipinski definition) is 3. The summed E-state index contributed by atoms with van der Waals surface area (Å²) in [5, 5.41) is 5.45. The van der Waals surface area contributed by atoms with Crippen LogP contribution in [0, 0.1) is 23.2 Å². The molecule has 3 aromatic carbocycles. The standard InChI is InChI=1S/C29H28N2O2/c32-27(17-29-14-18-10-19(15-29)12-20(11-18)16-29)30-22-8-9-26-25(13-22)31-28(33-26)24-7-3-5-21-4-1-2-6-23(21)24/h1-9,13,18-20H,10-12,14-17H2,(H,30,32). The lowest BCUT2D eigenvalue weighted by atomic mass is 9.49. The Morgan fingerprint density at radius 3 is 2.45 bits per heavy atom. The van der Waals surface area contributed by atoms with E-state index in [-0.39, 0.29) is 11.3 Å². The molecule has 1 N–H and O–H groups in total. The van der Waals surface area contributed by atoms with Gasteiger partial charge in [0.2, 0.25) is 11.8 Å². The third-order valence-electron chi connectivity index (χ3n) is 8.39. The molecule has 4 bridgehead atoms. The minimum absolute atomic E-state index is 0.147. The van der Waals surface area contributed by atoms with Crippen LogP contribution < -0.4 is 5.32 Å². The Morgan fingerprint density at radius 1 is 0.939 bits per heavy atom. The Hall–Kier alpha value is -3.14. The average Bonchev–Trinajstić information content (AvgIpc) is 3.20. The lowest BCUT2D eigenvalue weighted by molar-refractivity contribution is -0.124. The molecule has 166 valence electrons. The number of carbonyl (C=O) groups excluding carboxylic acids is 1. The second-order valence-electron chi connectivity index (χ2n) is 10.9. The van der Waals surface area contributed by atoms with E-state index >= 15 is 0 Å². The van der Waals surface area contributed by atoms with E-state index in [2.05, 4.69) is 23.5 Å². The van der Waals surface area contributed by atoms with Gasteiger partial charge in [-0.25, -0.2) is 4.98 Å². The summed E-state index contributed by atoms with van der Waals surface area (Å²) in [7, 11) is 0. The number of fused-ring (bicyclic) bond motifs is 2. The molecule has 0 atom stereocenters. The van der Waals surface area contributed by atoms with E-state index < -0.39 is 0 Å². The van der Waals surface area contributed by atoms with Crippen LogP contribution in [0.25, 0.3) is 33.3 Å². The van der Waals surface area contributed by atoms with Crippen molar-refractivity contribution in [1.29, 1.82) is 0 Å². The first kappa shape index (κ1) is 19.3. The van der Waals surface area contributed by atoms with Gasteiger partial charge in [-0.2, -0.15) is 0 Å². The van der Waals surface area contributed by atoms with E-state index in [1.807, 2.05) is 42.5 Å². The first-order chi connectivity index (χ1) is 16.1. The predicted molar refractivity (Wildman–Crippen MR) is 131 cm³/mol. The lowest BCUT2D eigenvalue weighted by Gasteiger charge is -2.56. The van der Waals surface area contributed by atoms with Gasteiger partial charge in [-0.05, 0) is 96.7 Å². The van der Waals surface area contributed by atoms with E-state index in [9.17, 15) is 4.79 Å². The van der Waals surface area contributed by atoms with Gasteiger partial charge in [0, 0.05) is 17.7 Å². The number of nitrogens with one attached hydrogen (secondary N) is 1. The molecule has 4 nitrogen and oxygen atoms in total. The van der Waals surface area contributed by atoms with Gasteiger partial charge < -0.3 is 9.73 Å². The molecule has 0 radical (unpaired) electrons. The zero-order chi connectivity index (χ0) is 22.0. The third-order valence-corrected chi connectivity index (χ3v) is 8.39. The summed E-state index contributed by atoms with van der Waals surface area (Å²) in [6, 6.07) is 20.2. The number of amides is 1. The van der Waals surface area contributed by atoms with Gasteiger partial charge in [-0.3, -0.25) is 4.79 Å². The Morgan fingerprint density at radius 2 is 1.67 bits per heavy atom. The van der Waals surface area contributed by atoms with E-state index in [4.69, 9.17) is 9.40 Å². The third kappa shape index (κ3) is 3.35. The quantitative estimate of drug-likeness (QED) is 0.368. The van der Waals surface area contributed by atoms with Gasteiger partial charge in [-0.15, -0.1) is 0 Å². The Bertz CT molecular complexity index is 1340. The molecule has 8 rings (SSSR count). The van der Waals surface area contributed by atoms with Crippen LogP contribution >= 0.6 is 0 Å². The first-order valence-electron chi connectivity index (χ1n) is 12.3. The maximum atomic E-state index is 13.1. The van der Waals surface area contributed by atoms with E-state index in [1.54, 1.807) is 0 Å². The monoisotopic (exact) mass is 436 g/mol. The zero-order valence-electron chi connectivity index (χ0n) is 18.7. The first-order valence-corrected chi connectivity index (χ1v) is 12.3. The summed E-state index contributed by atoms with van der Waals surface area (Å²) in [5.74, 6) is 3.35. The number of hydrogen-bond donors (Lipinski definition) is 1. The van der Waals surface area contributed by atoms with Crippen LogP contribution in [-0.2, 0) is 4.79 Å². The SMILES string of the molecule is O=C(CC12CC3CC(CC(C3)C1)C2)Nc1ccc2oc(-c3cccc4ccccc34)nc2c1. The van der Waals surface area contributed by atoms with Crippen LogP contribution in [0.2, 0.25) is 0 Å². The number of carbonyl (C=O) groups is 1. The highest BCUT2D eigenvalue weighted by Crippen LogP contribution is 2.61. The van der Waals surface area contributed by atoms with Crippen molar-refractivity contribution in [3.05, 3.63) is 60.7 Å². The number of rotatable bonds is 4. The number of benzene rings is 3. The predicted octanol–water partition coefficient (Wildman–Crippen LogP) is 7.19. The maximum Gasteiger partial charge on any atom is 0.227 e. The summed E-state index contributed by atoms with van der Waals surface area (Å²) in [6.07, 6.45) is 8.64. The van der Waals surface area contributed by atoms with Crippen LogP contribution in [0.15, 0.2) is 65.1 Å². The normalized spacial score (nSPS) is 27.9. The van der Waals surface area contributed by atoms with E-state index in [0.717, 1.165) is 50.9 Å². The fraction of sp³-hybridized carbons (Fsp3) is 0.379. The second-order valence-corrected chi connectivity index (χ2v) is 10.9. The van der Waals surface area contributed by atoms with Crippen molar-refractivity contribution in [2.45, 2.75) is 44.9 Å². The molecule has 0 unspecified atom stereocenters. The average molecular weight is 437 g/mol. The summed E-state index contributed by atoms with van der Waals surface area (Å²) >= 11 is 0. The molecule has 1 heterocycles. The van der Waals surface area contributed by atoms with Crippen LogP contribution in [0.5, 0.6) is 0 Å². The summed E-state index contributed by atoms with van der Waals surface area (Å²) in [6.45, 7) is 0. The molecule has 33 heavy (non-hydrogen) atoms. The molecular formula is C29H28N2O2. The molecule has 4 fully saturated rings. The van der Waals surface area contributed by atoms with Gasteiger partial charge >= 0.3 is 0 Å². The van der Waals surface area contributed by atoms with Gasteiger partial charge in [0.05, 0.1) is 0 Å². The fourth-order valence-electron chi connectivity index (χ4n) is 7.58. The number of nitrogens with zero attached hydrogens (tertiary/aromatic N) is 1. The zero-order valence-corrected chi connectivity index (χ0v) is 18.7. The molecule has 0 saturated heterocycles. The largest absolute Gasteiger partial charge is 0.436 e. The molecule has 0 spiro atoms. The van der Waals surface area contributed by atoms with Crippen LogP contribution in [0.4, 0.5) is 5.69 Å². The van der Waals surface area contributed by atoms with Crippen molar-refractivity contribution in [2.75, 3.05) is 5.32 Å². The molecule has 4 aliphatic carbocycles. The van der Waals surface area contributed by atoms with Crippen molar-refractivity contribution in [3.8, 4) is 11.5 Å². The smallest absolute Gasteiger partial charge is 0.227 e. The number of anilines is 1. The number of aromatic nitrogens is 1. The van der Waals surface area contributed by atoms with Gasteiger partial charge in [0.25, 0.3) is 0 Å². The molecule has 4 saturated carbocycles. The lowest BCUT2D eigenvalue weighted by Crippen LogP contribution is -2.47. The summed E-state index contributed by atoms with van der Waals surface area (Å²) in [4.78, 5) is 17.8. The highest BCUT2D eigenvalue weighted by atomic mass is 16.3. The minimum Gasteiger partial charge on any atom is -0.436 e. The van der Waals surface area contributed by atoms with Gasteiger partial charge in [-0.1, -0.05) is 36.4 Å². The van der Waals surface area contributed by atoms with Crippen molar-refractivity contribution in [3.63, 3.8) is 0 Å². The van der Waals surface area contributed by atoms with Crippen molar-refractivity contribution in [1.82, 2.24) is 4.98 Å². The van der Waals surface area contributed by atoms with Gasteiger partial charge in [0.15, 0.2) is 5.58 Å². The minimum atomic E-state index is 0.147. The molecule has 4 aliphatic rings. The Labute approximate surface area is 193 Å². The summed E-state index contributed by atoms with van der Waals surface area (Å²) < 4.78 is 6.09. The molecule has 0 aliphatic heterocycles. The summed E-state index contributed by atoms with van der Waals surface area (Å²) in [5.41, 5.74) is 3.53. The topological polar surface area (TPSA) is 55.1 Å². The Kier molecular flexibility index (Phi) is 4.21. The highest BCUT2D eigenvalue weighted by Gasteiger charge is 2.51. The van der Waals surface area contributed by atoms with Crippen LogP contribution in [0.3, 0.4) is 0 Å². The second kappa shape index (κ2) is 7.18. The van der Waals surface area contributed by atoms with E-state index in [1.165, 1.54) is 38.5 Å². The van der Waals surface area contributed by atoms with E-state index in [0.29, 0.717) is 12.3 Å². The van der Waals surface area contributed by atoms with Crippen molar-refractivity contribution < 1.29 is 9.21 Å². The Balaban J connectivity index is 1.13. The number of oxazole rings is 1. The molecular weight excluding hydrogens is 408 g/mol. The fourth-order valence-corrected chi connectivity index (χ4v) is 7.58. The molecule has 1 amide bonds. The van der Waals surface area contributed by atoms with Crippen LogP contribution in [-0.4, -0.2) is 10.9 Å². The highest BCUT2D eigenvalue weighted by molar-refractivity contribution is 5.96. The maximum absolute atomic E-state index is 13.1. The molecule has 1 aromatic heterocycles. The van der Waals surface area contributed by atoms with Crippen molar-refractivity contribution >= 4 is 33.5 Å². The van der Waals surface area contributed by atoms with Crippen LogP contribution in [0.1, 0.15) is 44.9 Å². The van der Waals surface area contributed by atoms with Gasteiger partial charge in [0.1, 0.15) is 5.52 Å². The van der Waals surface area contributed by atoms with Crippen molar-refractivity contribution in [2.24, 2.45) is 23.2 Å². The molecule has 4 heteroatoms.